The number of rotatable bonds is 4. The average Bonchev–Trinajstić information content (AvgIpc) is 2.58. The Morgan fingerprint density at radius 2 is 2.22 bits per heavy atom. The largest absolute Gasteiger partial charge is 0.466 e. The fraction of sp³-hybridized carbons (Fsp3) is 0.444. The van der Waals surface area contributed by atoms with Crippen LogP contribution in [0, 0.1) is 5.92 Å². The molecule has 122 valence electrons. The van der Waals surface area contributed by atoms with Crippen molar-refractivity contribution >= 4 is 16.9 Å². The van der Waals surface area contributed by atoms with E-state index in [2.05, 4.69) is 4.90 Å². The lowest BCUT2D eigenvalue weighted by Gasteiger charge is -2.31. The van der Waals surface area contributed by atoms with Gasteiger partial charge in [-0.1, -0.05) is 12.1 Å². The molecule has 5 nitrogen and oxygen atoms in total. The van der Waals surface area contributed by atoms with Crippen LogP contribution in [-0.4, -0.2) is 30.6 Å². The van der Waals surface area contributed by atoms with Gasteiger partial charge in [-0.25, -0.2) is 0 Å². The first kappa shape index (κ1) is 15.7. The van der Waals surface area contributed by atoms with Gasteiger partial charge in [-0.2, -0.15) is 0 Å². The molecule has 23 heavy (non-hydrogen) atoms. The van der Waals surface area contributed by atoms with Gasteiger partial charge in [-0.3, -0.25) is 14.5 Å². The molecule has 1 atom stereocenters. The summed E-state index contributed by atoms with van der Waals surface area (Å²) in [5.41, 5.74) is 1.24. The first-order valence-corrected chi connectivity index (χ1v) is 8.07. The van der Waals surface area contributed by atoms with Crippen LogP contribution < -0.4 is 5.43 Å². The van der Waals surface area contributed by atoms with Crippen molar-refractivity contribution in [2.75, 3.05) is 19.7 Å². The molecule has 1 saturated heterocycles. The van der Waals surface area contributed by atoms with Crippen LogP contribution in [0.5, 0.6) is 0 Å². The van der Waals surface area contributed by atoms with E-state index in [1.54, 1.807) is 18.4 Å². The highest BCUT2D eigenvalue weighted by Crippen LogP contribution is 2.20. The van der Waals surface area contributed by atoms with E-state index < -0.39 is 0 Å². The summed E-state index contributed by atoms with van der Waals surface area (Å²) in [7, 11) is 0. The zero-order chi connectivity index (χ0) is 16.2. The molecule has 1 aliphatic heterocycles. The molecule has 5 heteroatoms. The molecule has 0 bridgehead atoms. The van der Waals surface area contributed by atoms with Crippen LogP contribution >= 0.6 is 0 Å². The minimum Gasteiger partial charge on any atom is -0.466 e. The maximum absolute atomic E-state index is 12.5. The molecule has 1 aliphatic rings. The highest BCUT2D eigenvalue weighted by Gasteiger charge is 2.27. The number of piperidine rings is 1. The number of fused-ring (bicyclic) bond motifs is 1. The number of esters is 1. The normalized spacial score (nSPS) is 18.9. The van der Waals surface area contributed by atoms with Crippen molar-refractivity contribution in [3.63, 3.8) is 0 Å². The van der Waals surface area contributed by atoms with Gasteiger partial charge < -0.3 is 9.15 Å². The second-order valence-electron chi connectivity index (χ2n) is 5.91. The number of likely N-dealkylation sites (tertiary alicyclic amines) is 1. The van der Waals surface area contributed by atoms with Crippen LogP contribution in [-0.2, 0) is 16.1 Å². The standard InChI is InChI=1S/C18H21NO4/c1-2-22-18(21)13-6-5-9-19(10-13)11-14-12-23-16-8-4-3-7-15(16)17(14)20/h3-4,7-8,12-13H,2,5-6,9-11H2,1H3/t13-/m0/s1. The van der Waals surface area contributed by atoms with Crippen LogP contribution in [0.15, 0.2) is 39.7 Å². The second-order valence-corrected chi connectivity index (χ2v) is 5.91. The number of ether oxygens (including phenoxy) is 1. The topological polar surface area (TPSA) is 59.8 Å². The van der Waals surface area contributed by atoms with Gasteiger partial charge in [-0.05, 0) is 38.4 Å². The van der Waals surface area contributed by atoms with Gasteiger partial charge in [0.15, 0.2) is 5.43 Å². The summed E-state index contributed by atoms with van der Waals surface area (Å²) >= 11 is 0. The average molecular weight is 315 g/mol. The predicted octanol–water partition coefficient (Wildman–Crippen LogP) is 2.57. The fourth-order valence-electron chi connectivity index (χ4n) is 3.12. The highest BCUT2D eigenvalue weighted by atomic mass is 16.5. The van der Waals surface area contributed by atoms with Gasteiger partial charge in [0.1, 0.15) is 5.58 Å². The van der Waals surface area contributed by atoms with E-state index in [0.717, 1.165) is 19.4 Å². The van der Waals surface area contributed by atoms with Crippen LogP contribution in [0.1, 0.15) is 25.3 Å². The van der Waals surface area contributed by atoms with Crippen molar-refractivity contribution in [3.05, 3.63) is 46.3 Å². The molecule has 1 aromatic heterocycles. The number of para-hydroxylation sites is 1. The van der Waals surface area contributed by atoms with Crippen molar-refractivity contribution in [2.24, 2.45) is 5.92 Å². The smallest absolute Gasteiger partial charge is 0.310 e. The van der Waals surface area contributed by atoms with Gasteiger partial charge >= 0.3 is 5.97 Å². The molecule has 3 rings (SSSR count). The van der Waals surface area contributed by atoms with Gasteiger partial charge in [-0.15, -0.1) is 0 Å². The Labute approximate surface area is 134 Å². The van der Waals surface area contributed by atoms with Gasteiger partial charge in [0.25, 0.3) is 0 Å². The summed E-state index contributed by atoms with van der Waals surface area (Å²) in [4.78, 5) is 26.6. The maximum atomic E-state index is 12.5. The zero-order valence-electron chi connectivity index (χ0n) is 13.3. The van der Waals surface area contributed by atoms with E-state index in [4.69, 9.17) is 9.15 Å². The molecule has 1 aromatic carbocycles. The van der Waals surface area contributed by atoms with Crippen molar-refractivity contribution in [1.29, 1.82) is 0 Å². The first-order valence-electron chi connectivity index (χ1n) is 8.07. The Morgan fingerprint density at radius 1 is 1.39 bits per heavy atom. The summed E-state index contributed by atoms with van der Waals surface area (Å²) in [6, 6.07) is 7.25. The third-order valence-corrected chi connectivity index (χ3v) is 4.27. The third kappa shape index (κ3) is 3.45. The lowest BCUT2D eigenvalue weighted by Crippen LogP contribution is -2.39. The predicted molar refractivity (Wildman–Crippen MR) is 87.1 cm³/mol. The monoisotopic (exact) mass is 315 g/mol. The minimum absolute atomic E-state index is 0.00473. The highest BCUT2D eigenvalue weighted by molar-refractivity contribution is 5.76. The maximum Gasteiger partial charge on any atom is 0.310 e. The van der Waals surface area contributed by atoms with E-state index in [1.165, 1.54) is 0 Å². The number of carbonyl (C=O) groups excluding carboxylic acids is 1. The number of hydrogen-bond donors (Lipinski definition) is 0. The Hall–Kier alpha value is -2.14. The van der Waals surface area contributed by atoms with Crippen LogP contribution in [0.4, 0.5) is 0 Å². The molecule has 0 unspecified atom stereocenters. The molecule has 0 aliphatic carbocycles. The first-order chi connectivity index (χ1) is 11.2. The van der Waals surface area contributed by atoms with Crippen LogP contribution in [0.3, 0.4) is 0 Å². The van der Waals surface area contributed by atoms with E-state index in [0.29, 0.717) is 36.2 Å². The Balaban J connectivity index is 1.75. The molecule has 0 radical (unpaired) electrons. The lowest BCUT2D eigenvalue weighted by molar-refractivity contribution is -0.150. The summed E-state index contributed by atoms with van der Waals surface area (Å²) < 4.78 is 10.7. The molecule has 2 aromatic rings. The molecule has 1 fully saturated rings. The molecular weight excluding hydrogens is 294 g/mol. The lowest BCUT2D eigenvalue weighted by atomic mass is 9.98. The van der Waals surface area contributed by atoms with E-state index in [1.807, 2.05) is 19.1 Å². The third-order valence-electron chi connectivity index (χ3n) is 4.27. The quantitative estimate of drug-likeness (QED) is 0.812. The van der Waals surface area contributed by atoms with Crippen molar-refractivity contribution in [2.45, 2.75) is 26.3 Å². The Kier molecular flexibility index (Phi) is 4.76. The number of nitrogens with zero attached hydrogens (tertiary/aromatic N) is 1. The van der Waals surface area contributed by atoms with Crippen molar-refractivity contribution in [3.8, 4) is 0 Å². The molecule has 2 heterocycles. The summed E-state index contributed by atoms with van der Waals surface area (Å²) in [6.07, 6.45) is 3.32. The molecule has 0 amide bonds. The summed E-state index contributed by atoms with van der Waals surface area (Å²) in [5.74, 6) is -0.237. The van der Waals surface area contributed by atoms with Crippen molar-refractivity contribution in [1.82, 2.24) is 4.90 Å². The second kappa shape index (κ2) is 6.96. The van der Waals surface area contributed by atoms with Crippen molar-refractivity contribution < 1.29 is 13.9 Å². The summed E-state index contributed by atoms with van der Waals surface area (Å²) in [5, 5.41) is 0.601. The van der Waals surface area contributed by atoms with E-state index >= 15 is 0 Å². The number of hydrogen-bond acceptors (Lipinski definition) is 5. The Morgan fingerprint density at radius 3 is 3.04 bits per heavy atom. The molecule has 0 N–H and O–H groups in total. The zero-order valence-corrected chi connectivity index (χ0v) is 13.3. The minimum atomic E-state index is -0.136. The molecule has 0 spiro atoms. The van der Waals surface area contributed by atoms with E-state index in [-0.39, 0.29) is 17.3 Å². The molecular formula is C18H21NO4. The van der Waals surface area contributed by atoms with Crippen LogP contribution in [0.2, 0.25) is 0 Å². The number of benzene rings is 1. The van der Waals surface area contributed by atoms with Gasteiger partial charge in [0.2, 0.25) is 0 Å². The van der Waals surface area contributed by atoms with Crippen LogP contribution in [0.25, 0.3) is 11.0 Å². The van der Waals surface area contributed by atoms with Gasteiger partial charge in [0, 0.05) is 18.7 Å². The molecule has 0 saturated carbocycles. The van der Waals surface area contributed by atoms with Gasteiger partial charge in [0.05, 0.1) is 24.2 Å². The SMILES string of the molecule is CCOC(=O)[C@H]1CCCN(Cc2coc3ccccc3c2=O)C1. The summed E-state index contributed by atoms with van der Waals surface area (Å²) in [6.45, 7) is 4.23. The Bertz CT molecular complexity index is 752. The fourth-order valence-corrected chi connectivity index (χ4v) is 3.12. The number of carbonyl (C=O) groups is 1. The van der Waals surface area contributed by atoms with E-state index in [9.17, 15) is 9.59 Å².